The average Bonchev–Trinajstić information content (AvgIpc) is 2.38. The molecule has 1 aromatic rings. The topological polar surface area (TPSA) is 55.1 Å². The van der Waals surface area contributed by atoms with Crippen molar-refractivity contribution in [3.05, 3.63) is 35.4 Å². The summed E-state index contributed by atoms with van der Waals surface area (Å²) < 4.78 is 0.283. The third kappa shape index (κ3) is 3.73. The summed E-state index contributed by atoms with van der Waals surface area (Å²) in [7, 11) is 0. The molecule has 20 heavy (non-hydrogen) atoms. The maximum absolute atomic E-state index is 12.0. The lowest BCUT2D eigenvalue weighted by Crippen LogP contribution is -2.45. The van der Waals surface area contributed by atoms with Gasteiger partial charge in [-0.05, 0) is 24.7 Å². The number of amides is 1. The minimum Gasteiger partial charge on any atom is -0.389 e. The average molecular weight is 308 g/mol. The molecular weight excluding hydrogens is 288 g/mol. The standard InChI is InChI=1S/C15H20N2OS2/c1-20-15(7-2-8-15)10-17-13(18)9-11-3-5-12(6-4-11)14(16)19/h3-6H,2,7-10H2,1H3,(H2,16,19)(H,17,18). The molecule has 3 nitrogen and oxygen atoms in total. The van der Waals surface area contributed by atoms with Gasteiger partial charge >= 0.3 is 0 Å². The molecular formula is C15H20N2OS2. The van der Waals surface area contributed by atoms with E-state index in [-0.39, 0.29) is 10.7 Å². The van der Waals surface area contributed by atoms with Crippen molar-refractivity contribution in [1.29, 1.82) is 0 Å². The summed E-state index contributed by atoms with van der Waals surface area (Å²) in [5.74, 6) is 0.0772. The van der Waals surface area contributed by atoms with Gasteiger partial charge in [-0.15, -0.1) is 0 Å². The summed E-state index contributed by atoms with van der Waals surface area (Å²) in [5, 5.41) is 3.05. The van der Waals surface area contributed by atoms with E-state index in [9.17, 15) is 4.79 Å². The number of nitrogens with two attached hydrogens (primary N) is 1. The van der Waals surface area contributed by atoms with Crippen LogP contribution in [0.3, 0.4) is 0 Å². The molecule has 0 heterocycles. The van der Waals surface area contributed by atoms with Gasteiger partial charge in [0.1, 0.15) is 4.99 Å². The van der Waals surface area contributed by atoms with E-state index >= 15 is 0 Å². The summed E-state index contributed by atoms with van der Waals surface area (Å²) in [4.78, 5) is 12.3. The van der Waals surface area contributed by atoms with Gasteiger partial charge in [0.2, 0.25) is 5.91 Å². The zero-order valence-corrected chi connectivity index (χ0v) is 13.3. The molecule has 5 heteroatoms. The molecule has 0 radical (unpaired) electrons. The number of hydrogen-bond donors (Lipinski definition) is 2. The van der Waals surface area contributed by atoms with E-state index in [1.807, 2.05) is 36.0 Å². The number of thiocarbonyl (C=S) groups is 1. The summed E-state index contributed by atoms with van der Waals surface area (Å²) >= 11 is 6.77. The first-order valence-electron chi connectivity index (χ1n) is 6.75. The quantitative estimate of drug-likeness (QED) is 0.792. The van der Waals surface area contributed by atoms with Gasteiger partial charge in [0.05, 0.1) is 6.42 Å². The van der Waals surface area contributed by atoms with Gasteiger partial charge in [0.15, 0.2) is 0 Å². The molecule has 2 rings (SSSR count). The first kappa shape index (κ1) is 15.3. The highest BCUT2D eigenvalue weighted by Crippen LogP contribution is 2.42. The molecule has 1 saturated carbocycles. The van der Waals surface area contributed by atoms with Crippen LogP contribution in [0.1, 0.15) is 30.4 Å². The van der Waals surface area contributed by atoms with Crippen LogP contribution in [0.15, 0.2) is 24.3 Å². The van der Waals surface area contributed by atoms with E-state index in [0.29, 0.717) is 11.4 Å². The second kappa shape index (κ2) is 6.59. The molecule has 1 fully saturated rings. The normalized spacial score (nSPS) is 16.2. The zero-order chi connectivity index (χ0) is 14.6. The van der Waals surface area contributed by atoms with Crippen molar-refractivity contribution in [1.82, 2.24) is 5.32 Å². The Bertz CT molecular complexity index is 490. The number of nitrogens with one attached hydrogen (secondary N) is 1. The van der Waals surface area contributed by atoms with Crippen LogP contribution in [-0.2, 0) is 11.2 Å². The van der Waals surface area contributed by atoms with Crippen molar-refractivity contribution < 1.29 is 4.79 Å². The van der Waals surface area contributed by atoms with Crippen LogP contribution < -0.4 is 11.1 Å². The Labute approximate surface area is 129 Å². The largest absolute Gasteiger partial charge is 0.389 e. The maximum atomic E-state index is 12.0. The van der Waals surface area contributed by atoms with Crippen LogP contribution in [0.4, 0.5) is 0 Å². The Morgan fingerprint density at radius 2 is 2.05 bits per heavy atom. The van der Waals surface area contributed by atoms with Crippen molar-refractivity contribution >= 4 is 34.9 Å². The summed E-state index contributed by atoms with van der Waals surface area (Å²) in [6, 6.07) is 7.53. The molecule has 0 saturated heterocycles. The minimum atomic E-state index is 0.0772. The number of carbonyl (C=O) groups excluding carboxylic acids is 1. The first-order chi connectivity index (χ1) is 9.54. The highest BCUT2D eigenvalue weighted by atomic mass is 32.2. The molecule has 0 spiro atoms. The zero-order valence-electron chi connectivity index (χ0n) is 11.6. The predicted molar refractivity (Wildman–Crippen MR) is 89.1 cm³/mol. The van der Waals surface area contributed by atoms with Crippen LogP contribution in [-0.4, -0.2) is 28.4 Å². The highest BCUT2D eigenvalue weighted by Gasteiger charge is 2.36. The van der Waals surface area contributed by atoms with Crippen molar-refractivity contribution in [3.63, 3.8) is 0 Å². The second-order valence-electron chi connectivity index (χ2n) is 5.26. The van der Waals surface area contributed by atoms with E-state index in [0.717, 1.165) is 17.7 Å². The third-order valence-electron chi connectivity index (χ3n) is 3.91. The number of rotatable bonds is 6. The molecule has 1 aliphatic rings. The second-order valence-corrected chi connectivity index (χ2v) is 6.97. The molecule has 1 amide bonds. The van der Waals surface area contributed by atoms with Crippen molar-refractivity contribution in [2.24, 2.45) is 5.73 Å². The van der Waals surface area contributed by atoms with Gasteiger partial charge in [0, 0.05) is 16.9 Å². The van der Waals surface area contributed by atoms with Crippen molar-refractivity contribution in [2.45, 2.75) is 30.4 Å². The molecule has 108 valence electrons. The summed E-state index contributed by atoms with van der Waals surface area (Å²) in [6.07, 6.45) is 6.22. The van der Waals surface area contributed by atoms with E-state index in [4.69, 9.17) is 18.0 Å². The number of benzene rings is 1. The Hall–Kier alpha value is -1.07. The summed E-state index contributed by atoms with van der Waals surface area (Å²) in [5.41, 5.74) is 7.36. The van der Waals surface area contributed by atoms with Crippen LogP contribution in [0.25, 0.3) is 0 Å². The lowest BCUT2D eigenvalue weighted by molar-refractivity contribution is -0.120. The Morgan fingerprint density at radius 1 is 1.40 bits per heavy atom. The number of carbonyl (C=O) groups is 1. The molecule has 0 aromatic heterocycles. The Kier molecular flexibility index (Phi) is 5.05. The Morgan fingerprint density at radius 3 is 2.50 bits per heavy atom. The van der Waals surface area contributed by atoms with Gasteiger partial charge < -0.3 is 11.1 Å². The fourth-order valence-corrected chi connectivity index (χ4v) is 3.37. The molecule has 0 atom stereocenters. The molecule has 0 aliphatic heterocycles. The first-order valence-corrected chi connectivity index (χ1v) is 8.38. The molecule has 1 aromatic carbocycles. The van der Waals surface area contributed by atoms with Crippen LogP contribution in [0.2, 0.25) is 0 Å². The van der Waals surface area contributed by atoms with Gasteiger partial charge in [-0.2, -0.15) is 11.8 Å². The predicted octanol–water partition coefficient (Wildman–Crippen LogP) is 2.27. The van der Waals surface area contributed by atoms with E-state index < -0.39 is 0 Å². The third-order valence-corrected chi connectivity index (χ3v) is 5.56. The van der Waals surface area contributed by atoms with E-state index in [2.05, 4.69) is 11.6 Å². The molecule has 1 aliphatic carbocycles. The Balaban J connectivity index is 1.83. The summed E-state index contributed by atoms with van der Waals surface area (Å²) in [6.45, 7) is 0.776. The lowest BCUT2D eigenvalue weighted by atomic mass is 9.84. The number of thioether (sulfide) groups is 1. The van der Waals surface area contributed by atoms with Crippen LogP contribution in [0, 0.1) is 0 Å². The van der Waals surface area contributed by atoms with Crippen molar-refractivity contribution in [2.75, 3.05) is 12.8 Å². The van der Waals surface area contributed by atoms with Gasteiger partial charge in [0.25, 0.3) is 0 Å². The molecule has 0 bridgehead atoms. The minimum absolute atomic E-state index is 0.0772. The van der Waals surface area contributed by atoms with Gasteiger partial charge in [-0.3, -0.25) is 4.79 Å². The fourth-order valence-electron chi connectivity index (χ4n) is 2.32. The SMILES string of the molecule is CSC1(CNC(=O)Cc2ccc(C(N)=S)cc2)CCC1. The monoisotopic (exact) mass is 308 g/mol. The van der Waals surface area contributed by atoms with Gasteiger partial charge in [-0.25, -0.2) is 0 Å². The maximum Gasteiger partial charge on any atom is 0.224 e. The van der Waals surface area contributed by atoms with Crippen molar-refractivity contribution in [3.8, 4) is 0 Å². The highest BCUT2D eigenvalue weighted by molar-refractivity contribution is 8.00. The molecule has 3 N–H and O–H groups in total. The van der Waals surface area contributed by atoms with Gasteiger partial charge in [-0.1, -0.05) is 42.9 Å². The van der Waals surface area contributed by atoms with Crippen LogP contribution >= 0.6 is 24.0 Å². The van der Waals surface area contributed by atoms with E-state index in [1.165, 1.54) is 19.3 Å². The fraction of sp³-hybridized carbons (Fsp3) is 0.467. The smallest absolute Gasteiger partial charge is 0.224 e. The molecule has 0 unspecified atom stereocenters. The number of hydrogen-bond acceptors (Lipinski definition) is 3. The van der Waals surface area contributed by atoms with E-state index in [1.54, 1.807) is 0 Å². The lowest BCUT2D eigenvalue weighted by Gasteiger charge is -2.40. The van der Waals surface area contributed by atoms with Crippen LogP contribution in [0.5, 0.6) is 0 Å².